The number of rotatable bonds is 4. The first-order valence-corrected chi connectivity index (χ1v) is 6.41. The van der Waals surface area contributed by atoms with Crippen molar-refractivity contribution in [1.29, 1.82) is 0 Å². The van der Waals surface area contributed by atoms with Gasteiger partial charge >= 0.3 is 0 Å². The Hall–Kier alpha value is -0.940. The van der Waals surface area contributed by atoms with Crippen LogP contribution in [0.4, 0.5) is 0 Å². The number of hydrogen-bond acceptors (Lipinski definition) is 4. The number of nitrogens with zero attached hydrogens (tertiary/aromatic N) is 4. The highest BCUT2D eigenvalue weighted by Gasteiger charge is 2.20. The van der Waals surface area contributed by atoms with Crippen molar-refractivity contribution in [3.8, 4) is 0 Å². The molecule has 17 heavy (non-hydrogen) atoms. The molecule has 1 saturated heterocycles. The van der Waals surface area contributed by atoms with E-state index in [-0.39, 0.29) is 0 Å². The van der Waals surface area contributed by atoms with Crippen molar-refractivity contribution in [1.82, 2.24) is 19.9 Å². The molecule has 0 spiro atoms. The van der Waals surface area contributed by atoms with Crippen LogP contribution < -0.4 is 0 Å². The molecule has 96 valence electrons. The van der Waals surface area contributed by atoms with E-state index in [2.05, 4.69) is 15.2 Å². The van der Waals surface area contributed by atoms with E-state index in [1.807, 2.05) is 10.9 Å². The van der Waals surface area contributed by atoms with Crippen LogP contribution in [0.25, 0.3) is 0 Å². The van der Waals surface area contributed by atoms with Crippen LogP contribution in [0.15, 0.2) is 6.20 Å². The fourth-order valence-corrected chi connectivity index (χ4v) is 2.11. The third-order valence-corrected chi connectivity index (χ3v) is 3.26. The van der Waals surface area contributed by atoms with E-state index < -0.39 is 5.60 Å². The molecule has 1 aliphatic rings. The van der Waals surface area contributed by atoms with E-state index in [0.717, 1.165) is 13.1 Å². The average Bonchev–Trinajstić information content (AvgIpc) is 2.76. The largest absolute Gasteiger partial charge is 0.384 e. The lowest BCUT2D eigenvalue weighted by atomic mass is 10.1. The highest BCUT2D eigenvalue weighted by molar-refractivity contribution is 5.02. The van der Waals surface area contributed by atoms with E-state index in [4.69, 9.17) is 0 Å². The second-order valence-electron chi connectivity index (χ2n) is 5.33. The van der Waals surface area contributed by atoms with E-state index >= 15 is 0 Å². The molecule has 0 aromatic carbocycles. The van der Waals surface area contributed by atoms with Gasteiger partial charge in [0.25, 0.3) is 0 Å². The molecule has 1 N–H and O–H groups in total. The van der Waals surface area contributed by atoms with Crippen molar-refractivity contribution < 1.29 is 5.11 Å². The Kier molecular flexibility index (Phi) is 3.79. The van der Waals surface area contributed by atoms with Gasteiger partial charge in [-0.25, -0.2) is 0 Å². The van der Waals surface area contributed by atoms with Gasteiger partial charge in [0.05, 0.1) is 12.7 Å². The normalized spacial score (nSPS) is 18.5. The summed E-state index contributed by atoms with van der Waals surface area (Å²) in [7, 11) is 0. The molecule has 0 aliphatic carbocycles. The van der Waals surface area contributed by atoms with Crippen molar-refractivity contribution in [3.63, 3.8) is 0 Å². The second-order valence-corrected chi connectivity index (χ2v) is 5.33. The van der Waals surface area contributed by atoms with E-state index in [9.17, 15) is 5.11 Å². The van der Waals surface area contributed by atoms with Crippen LogP contribution in [0.2, 0.25) is 0 Å². The number of aliphatic hydroxyl groups is 1. The van der Waals surface area contributed by atoms with Gasteiger partial charge in [0.2, 0.25) is 0 Å². The first kappa shape index (κ1) is 12.5. The minimum absolute atomic E-state index is 0.635. The van der Waals surface area contributed by atoms with Crippen LogP contribution in [0.3, 0.4) is 0 Å². The summed E-state index contributed by atoms with van der Waals surface area (Å²) in [6, 6.07) is 0. The molecule has 5 heteroatoms. The molecule has 1 fully saturated rings. The number of aromatic nitrogens is 3. The molecule has 2 heterocycles. The van der Waals surface area contributed by atoms with Gasteiger partial charge in [-0.3, -0.25) is 4.68 Å². The Morgan fingerprint density at radius 1 is 1.24 bits per heavy atom. The molecular weight excluding hydrogens is 216 g/mol. The summed E-state index contributed by atoms with van der Waals surface area (Å²) < 4.78 is 1.82. The van der Waals surface area contributed by atoms with Crippen LogP contribution in [-0.4, -0.2) is 44.6 Å². The molecule has 0 saturated carbocycles. The predicted octanol–water partition coefficient (Wildman–Crippen LogP) is 0.991. The van der Waals surface area contributed by atoms with Crippen molar-refractivity contribution in [3.05, 3.63) is 11.9 Å². The molecule has 1 aromatic heterocycles. The summed E-state index contributed by atoms with van der Waals surface area (Å²) in [6.07, 6.45) is 5.82. The average molecular weight is 238 g/mol. The molecule has 0 amide bonds. The zero-order valence-electron chi connectivity index (χ0n) is 10.8. The number of likely N-dealkylation sites (tertiary alicyclic amines) is 1. The van der Waals surface area contributed by atoms with Crippen LogP contribution in [0, 0.1) is 0 Å². The number of hydrogen-bond donors (Lipinski definition) is 1. The summed E-state index contributed by atoms with van der Waals surface area (Å²) in [4.78, 5) is 2.47. The van der Waals surface area contributed by atoms with Crippen molar-refractivity contribution in [2.45, 2.75) is 45.3 Å². The van der Waals surface area contributed by atoms with Crippen molar-refractivity contribution in [2.75, 3.05) is 19.6 Å². The molecule has 0 radical (unpaired) electrons. The molecular formula is C12H22N4O. The monoisotopic (exact) mass is 238 g/mol. The van der Waals surface area contributed by atoms with Crippen molar-refractivity contribution in [2.24, 2.45) is 0 Å². The van der Waals surface area contributed by atoms with E-state index in [1.165, 1.54) is 32.4 Å². The molecule has 5 nitrogen and oxygen atoms in total. The Bertz CT molecular complexity index is 350. The summed E-state index contributed by atoms with van der Waals surface area (Å²) in [5.74, 6) is 0. The van der Waals surface area contributed by atoms with Gasteiger partial charge in [-0.15, -0.1) is 5.10 Å². The van der Waals surface area contributed by atoms with Gasteiger partial charge in [-0.05, 0) is 39.8 Å². The summed E-state index contributed by atoms with van der Waals surface area (Å²) in [5.41, 5.74) is -0.264. The second kappa shape index (κ2) is 5.14. The maximum Gasteiger partial charge on any atom is 0.114 e. The molecule has 0 atom stereocenters. The topological polar surface area (TPSA) is 54.2 Å². The lowest BCUT2D eigenvalue weighted by Crippen LogP contribution is -2.32. The van der Waals surface area contributed by atoms with Crippen LogP contribution in [0.5, 0.6) is 0 Å². The van der Waals surface area contributed by atoms with E-state index in [1.54, 1.807) is 13.8 Å². The van der Waals surface area contributed by atoms with E-state index in [0.29, 0.717) is 5.69 Å². The SMILES string of the molecule is CC(C)(O)c1cn(CCN2CCCCC2)nn1. The maximum atomic E-state index is 9.79. The summed E-state index contributed by atoms with van der Waals surface area (Å²) in [5, 5.41) is 17.8. The third kappa shape index (κ3) is 3.51. The van der Waals surface area contributed by atoms with Crippen molar-refractivity contribution >= 4 is 0 Å². The first-order valence-electron chi connectivity index (χ1n) is 6.41. The zero-order chi connectivity index (χ0) is 12.3. The first-order chi connectivity index (χ1) is 8.05. The predicted molar refractivity (Wildman–Crippen MR) is 65.6 cm³/mol. The molecule has 1 aromatic rings. The summed E-state index contributed by atoms with van der Waals surface area (Å²) >= 11 is 0. The lowest BCUT2D eigenvalue weighted by molar-refractivity contribution is 0.0737. The van der Waals surface area contributed by atoms with Crippen LogP contribution in [0.1, 0.15) is 38.8 Å². The fourth-order valence-electron chi connectivity index (χ4n) is 2.11. The van der Waals surface area contributed by atoms with Gasteiger partial charge in [0, 0.05) is 6.54 Å². The lowest BCUT2D eigenvalue weighted by Gasteiger charge is -2.26. The van der Waals surface area contributed by atoms with Gasteiger partial charge in [0.1, 0.15) is 11.3 Å². The maximum absolute atomic E-state index is 9.79. The Balaban J connectivity index is 1.84. The summed E-state index contributed by atoms with van der Waals surface area (Å²) in [6.45, 7) is 7.73. The fraction of sp³-hybridized carbons (Fsp3) is 0.833. The zero-order valence-corrected chi connectivity index (χ0v) is 10.8. The highest BCUT2D eigenvalue weighted by atomic mass is 16.3. The minimum atomic E-state index is -0.899. The Labute approximate surface area is 102 Å². The molecule has 1 aliphatic heterocycles. The molecule has 2 rings (SSSR count). The smallest absolute Gasteiger partial charge is 0.114 e. The molecule has 0 bridgehead atoms. The molecule has 0 unspecified atom stereocenters. The van der Waals surface area contributed by atoms with Gasteiger partial charge in [-0.1, -0.05) is 11.6 Å². The Morgan fingerprint density at radius 2 is 1.94 bits per heavy atom. The van der Waals surface area contributed by atoms with Gasteiger partial charge in [-0.2, -0.15) is 0 Å². The van der Waals surface area contributed by atoms with Crippen LogP contribution in [-0.2, 0) is 12.1 Å². The third-order valence-electron chi connectivity index (χ3n) is 3.26. The van der Waals surface area contributed by atoms with Crippen LogP contribution >= 0.6 is 0 Å². The minimum Gasteiger partial charge on any atom is -0.384 e. The van der Waals surface area contributed by atoms with Gasteiger partial charge < -0.3 is 10.0 Å². The Morgan fingerprint density at radius 3 is 2.53 bits per heavy atom. The standard InChI is InChI=1S/C12H22N4O/c1-12(2,17)11-10-16(14-13-11)9-8-15-6-4-3-5-7-15/h10,17H,3-9H2,1-2H3. The highest BCUT2D eigenvalue weighted by Crippen LogP contribution is 2.15. The quantitative estimate of drug-likeness (QED) is 0.850. The van der Waals surface area contributed by atoms with Gasteiger partial charge in [0.15, 0.2) is 0 Å². The number of piperidine rings is 1.